The van der Waals surface area contributed by atoms with Crippen molar-refractivity contribution >= 4 is 22.9 Å². The van der Waals surface area contributed by atoms with E-state index in [-0.39, 0.29) is 11.5 Å². The van der Waals surface area contributed by atoms with Gasteiger partial charge in [-0.2, -0.15) is 4.98 Å². The molecule has 0 radical (unpaired) electrons. The summed E-state index contributed by atoms with van der Waals surface area (Å²) in [6.45, 7) is 0. The Bertz CT molecular complexity index is 892. The Morgan fingerprint density at radius 3 is 2.59 bits per heavy atom. The van der Waals surface area contributed by atoms with E-state index in [1.807, 2.05) is 12.1 Å². The molecule has 3 aromatic rings. The number of hydrogen-bond acceptors (Lipinski definition) is 4. The Morgan fingerprint density at radius 2 is 1.91 bits per heavy atom. The number of carbonyl (C=O) groups excluding carboxylic acids is 1. The minimum absolute atomic E-state index is 0.0907. The number of benzene rings is 1. The first kappa shape index (κ1) is 13.9. The Balaban J connectivity index is 1.82. The number of nitrogens with zero attached hydrogens (tertiary/aromatic N) is 1. The molecule has 7 heteroatoms. The first-order valence-electron chi connectivity index (χ1n) is 6.79. The van der Waals surface area contributed by atoms with Crippen molar-refractivity contribution in [1.82, 2.24) is 15.0 Å². The zero-order valence-electron chi connectivity index (χ0n) is 11.7. The van der Waals surface area contributed by atoms with E-state index < -0.39 is 5.91 Å². The van der Waals surface area contributed by atoms with Crippen LogP contribution in [0.15, 0.2) is 35.3 Å². The number of amides is 1. The SMILES string of the molecule is NC(=O)c1ccc(CCc2c[nH]c3nc(N)[nH]c(=O)c23)cc1. The number of primary amides is 1. The van der Waals surface area contributed by atoms with Crippen LogP contribution in [0, 0.1) is 0 Å². The van der Waals surface area contributed by atoms with Crippen LogP contribution in [-0.4, -0.2) is 20.9 Å². The number of rotatable bonds is 4. The van der Waals surface area contributed by atoms with Gasteiger partial charge < -0.3 is 16.5 Å². The number of nitrogens with one attached hydrogen (secondary N) is 2. The van der Waals surface area contributed by atoms with E-state index in [9.17, 15) is 9.59 Å². The number of aromatic amines is 2. The monoisotopic (exact) mass is 297 g/mol. The summed E-state index contributed by atoms with van der Waals surface area (Å²) in [7, 11) is 0. The van der Waals surface area contributed by atoms with Crippen LogP contribution in [0.25, 0.3) is 11.0 Å². The molecule has 0 bridgehead atoms. The molecule has 0 saturated carbocycles. The largest absolute Gasteiger partial charge is 0.369 e. The molecule has 6 N–H and O–H groups in total. The van der Waals surface area contributed by atoms with E-state index >= 15 is 0 Å². The predicted octanol–water partition coefficient (Wildman–Crippen LogP) is 0.717. The van der Waals surface area contributed by atoms with E-state index in [4.69, 9.17) is 11.5 Å². The second-order valence-electron chi connectivity index (χ2n) is 5.05. The molecule has 0 spiro atoms. The molecule has 112 valence electrons. The first-order chi connectivity index (χ1) is 10.5. The van der Waals surface area contributed by atoms with E-state index in [2.05, 4.69) is 15.0 Å². The average Bonchev–Trinajstić information content (AvgIpc) is 2.88. The van der Waals surface area contributed by atoms with Crippen molar-refractivity contribution in [1.29, 1.82) is 0 Å². The summed E-state index contributed by atoms with van der Waals surface area (Å²) in [5.41, 5.74) is 13.4. The van der Waals surface area contributed by atoms with Gasteiger partial charge in [0.15, 0.2) is 0 Å². The Kier molecular flexibility index (Phi) is 3.38. The molecule has 3 rings (SSSR count). The fourth-order valence-corrected chi connectivity index (χ4v) is 2.43. The van der Waals surface area contributed by atoms with Crippen LogP contribution in [0.1, 0.15) is 21.5 Å². The van der Waals surface area contributed by atoms with Crippen molar-refractivity contribution in [2.75, 3.05) is 5.73 Å². The Labute approximate surface area is 125 Å². The van der Waals surface area contributed by atoms with Gasteiger partial charge in [0.1, 0.15) is 5.65 Å². The highest BCUT2D eigenvalue weighted by atomic mass is 16.1. The minimum Gasteiger partial charge on any atom is -0.369 e. The predicted molar refractivity (Wildman–Crippen MR) is 83.5 cm³/mol. The zero-order chi connectivity index (χ0) is 15.7. The van der Waals surface area contributed by atoms with Crippen LogP contribution >= 0.6 is 0 Å². The van der Waals surface area contributed by atoms with E-state index in [0.29, 0.717) is 23.0 Å². The molecule has 0 atom stereocenters. The summed E-state index contributed by atoms with van der Waals surface area (Å²) in [6, 6.07) is 7.11. The number of fused-ring (bicyclic) bond motifs is 1. The maximum absolute atomic E-state index is 12.0. The third-order valence-corrected chi connectivity index (χ3v) is 3.56. The molecule has 7 nitrogen and oxygen atoms in total. The van der Waals surface area contributed by atoms with Crippen LogP contribution in [0.5, 0.6) is 0 Å². The average molecular weight is 297 g/mol. The lowest BCUT2D eigenvalue weighted by Crippen LogP contribution is -2.12. The fraction of sp³-hybridized carbons (Fsp3) is 0.133. The van der Waals surface area contributed by atoms with Gasteiger partial charge in [0.05, 0.1) is 5.39 Å². The molecule has 0 aliphatic heterocycles. The number of nitrogen functional groups attached to an aromatic ring is 1. The van der Waals surface area contributed by atoms with Gasteiger partial charge in [-0.1, -0.05) is 12.1 Å². The van der Waals surface area contributed by atoms with Crippen molar-refractivity contribution in [2.45, 2.75) is 12.8 Å². The second kappa shape index (κ2) is 5.36. The normalized spacial score (nSPS) is 10.9. The highest BCUT2D eigenvalue weighted by Crippen LogP contribution is 2.15. The Morgan fingerprint density at radius 1 is 1.18 bits per heavy atom. The van der Waals surface area contributed by atoms with E-state index in [1.54, 1.807) is 18.3 Å². The molecular formula is C15H15N5O2. The summed E-state index contributed by atoms with van der Waals surface area (Å²) in [5.74, 6) is -0.355. The lowest BCUT2D eigenvalue weighted by Gasteiger charge is -2.02. The highest BCUT2D eigenvalue weighted by molar-refractivity contribution is 5.92. The van der Waals surface area contributed by atoms with Crippen LogP contribution < -0.4 is 17.0 Å². The van der Waals surface area contributed by atoms with Gasteiger partial charge in [0, 0.05) is 11.8 Å². The third-order valence-electron chi connectivity index (χ3n) is 3.56. The van der Waals surface area contributed by atoms with Crippen LogP contribution in [0.2, 0.25) is 0 Å². The van der Waals surface area contributed by atoms with Gasteiger partial charge in [-0.15, -0.1) is 0 Å². The number of carbonyl (C=O) groups is 1. The van der Waals surface area contributed by atoms with E-state index in [0.717, 1.165) is 17.5 Å². The van der Waals surface area contributed by atoms with Gasteiger partial charge in [-0.25, -0.2) is 0 Å². The van der Waals surface area contributed by atoms with Gasteiger partial charge >= 0.3 is 0 Å². The summed E-state index contributed by atoms with van der Waals surface area (Å²) in [5, 5.41) is 0.531. The van der Waals surface area contributed by atoms with E-state index in [1.165, 1.54) is 0 Å². The molecule has 0 aliphatic rings. The second-order valence-corrected chi connectivity index (χ2v) is 5.05. The maximum atomic E-state index is 12.0. The number of anilines is 1. The molecule has 0 saturated heterocycles. The maximum Gasteiger partial charge on any atom is 0.262 e. The van der Waals surface area contributed by atoms with Gasteiger partial charge in [-0.05, 0) is 36.1 Å². The highest BCUT2D eigenvalue weighted by Gasteiger charge is 2.10. The summed E-state index contributed by atoms with van der Waals surface area (Å²) >= 11 is 0. The quantitative estimate of drug-likeness (QED) is 0.565. The minimum atomic E-state index is -0.446. The molecule has 0 fully saturated rings. The standard InChI is InChI=1S/C15H15N5O2/c16-12(21)9-4-1-8(2-5-9)3-6-10-7-18-13-11(10)14(22)20-15(17)19-13/h1-2,4-5,7H,3,6H2,(H2,16,21)(H4,17,18,19,20,22). The molecule has 2 heterocycles. The molecular weight excluding hydrogens is 282 g/mol. The van der Waals surface area contributed by atoms with Crippen molar-refractivity contribution < 1.29 is 4.79 Å². The van der Waals surface area contributed by atoms with Crippen LogP contribution in [0.3, 0.4) is 0 Å². The molecule has 22 heavy (non-hydrogen) atoms. The molecule has 1 aromatic carbocycles. The number of aromatic nitrogens is 3. The lowest BCUT2D eigenvalue weighted by molar-refractivity contribution is 0.100. The zero-order valence-corrected chi connectivity index (χ0v) is 11.7. The van der Waals surface area contributed by atoms with Gasteiger partial charge in [-0.3, -0.25) is 14.6 Å². The van der Waals surface area contributed by atoms with Crippen molar-refractivity contribution in [3.8, 4) is 0 Å². The number of aryl methyl sites for hydroxylation is 2. The van der Waals surface area contributed by atoms with Crippen LogP contribution in [0.4, 0.5) is 5.95 Å². The summed E-state index contributed by atoms with van der Waals surface area (Å²) in [4.78, 5) is 32.5. The number of hydrogen-bond donors (Lipinski definition) is 4. The summed E-state index contributed by atoms with van der Waals surface area (Å²) in [6.07, 6.45) is 3.17. The van der Waals surface area contributed by atoms with Crippen LogP contribution in [-0.2, 0) is 12.8 Å². The topological polar surface area (TPSA) is 131 Å². The smallest absolute Gasteiger partial charge is 0.262 e. The lowest BCUT2D eigenvalue weighted by atomic mass is 10.0. The molecule has 1 amide bonds. The molecule has 0 aliphatic carbocycles. The third kappa shape index (κ3) is 2.56. The Hall–Kier alpha value is -3.09. The number of nitrogens with two attached hydrogens (primary N) is 2. The van der Waals surface area contributed by atoms with Gasteiger partial charge in [0.25, 0.3) is 5.56 Å². The van der Waals surface area contributed by atoms with Crippen molar-refractivity contribution in [3.05, 3.63) is 57.5 Å². The fourth-order valence-electron chi connectivity index (χ4n) is 2.43. The van der Waals surface area contributed by atoms with Crippen molar-refractivity contribution in [3.63, 3.8) is 0 Å². The van der Waals surface area contributed by atoms with Gasteiger partial charge in [0.2, 0.25) is 11.9 Å². The van der Waals surface area contributed by atoms with Crippen molar-refractivity contribution in [2.24, 2.45) is 5.73 Å². The first-order valence-corrected chi connectivity index (χ1v) is 6.79. The molecule has 0 unspecified atom stereocenters. The molecule has 2 aromatic heterocycles. The number of H-pyrrole nitrogens is 2. The summed E-state index contributed by atoms with van der Waals surface area (Å²) < 4.78 is 0.